The SMILES string of the molecule is Cc1ncc(Cl)cc1NC(C)(C)c1ccc(C(=O)N[C@@H](CC2CCCC2)C(=O)NC23CC(C#N)(C2)C3)s1. The van der Waals surface area contributed by atoms with Gasteiger partial charge in [-0.15, -0.1) is 11.3 Å². The average Bonchev–Trinajstić information content (AvgIpc) is 3.49. The number of nitrogens with zero attached hydrogens (tertiary/aromatic N) is 2. The molecule has 2 heterocycles. The van der Waals surface area contributed by atoms with E-state index in [1.54, 1.807) is 6.20 Å². The zero-order valence-corrected chi connectivity index (χ0v) is 23.2. The van der Waals surface area contributed by atoms with Gasteiger partial charge in [-0.3, -0.25) is 14.6 Å². The fourth-order valence-electron chi connectivity index (χ4n) is 6.26. The highest BCUT2D eigenvalue weighted by Crippen LogP contribution is 2.66. The molecule has 0 aromatic carbocycles. The molecule has 4 saturated carbocycles. The van der Waals surface area contributed by atoms with Gasteiger partial charge < -0.3 is 16.0 Å². The predicted molar refractivity (Wildman–Crippen MR) is 146 cm³/mol. The highest BCUT2D eigenvalue weighted by molar-refractivity contribution is 7.14. The summed E-state index contributed by atoms with van der Waals surface area (Å²) in [7, 11) is 0. The molecule has 2 aromatic heterocycles. The van der Waals surface area contributed by atoms with Crippen LogP contribution in [0.25, 0.3) is 0 Å². The summed E-state index contributed by atoms with van der Waals surface area (Å²) in [6.07, 6.45) is 9.02. The second-order valence-electron chi connectivity index (χ2n) is 11.8. The van der Waals surface area contributed by atoms with Crippen LogP contribution in [0.15, 0.2) is 24.4 Å². The van der Waals surface area contributed by atoms with Gasteiger partial charge in [-0.1, -0.05) is 37.3 Å². The maximum absolute atomic E-state index is 13.3. The summed E-state index contributed by atoms with van der Waals surface area (Å²) in [4.78, 5) is 32.5. The summed E-state index contributed by atoms with van der Waals surface area (Å²) in [5, 5.41) is 19.6. The molecule has 4 fully saturated rings. The number of hydrogen-bond donors (Lipinski definition) is 3. The first-order chi connectivity index (χ1) is 17.5. The Labute approximate surface area is 227 Å². The van der Waals surface area contributed by atoms with Crippen molar-refractivity contribution in [2.24, 2.45) is 11.3 Å². The van der Waals surface area contributed by atoms with E-state index in [0.717, 1.165) is 48.4 Å². The number of hydrogen-bond acceptors (Lipinski definition) is 6. The van der Waals surface area contributed by atoms with Crippen molar-refractivity contribution in [3.8, 4) is 6.07 Å². The highest BCUT2D eigenvalue weighted by Gasteiger charge is 2.69. The number of rotatable bonds is 9. The third kappa shape index (κ3) is 5.21. The number of aryl methyl sites for hydroxylation is 1. The van der Waals surface area contributed by atoms with Crippen molar-refractivity contribution in [2.75, 3.05) is 5.32 Å². The molecule has 0 aliphatic heterocycles. The predicted octanol–water partition coefficient (Wildman–Crippen LogP) is 5.69. The molecule has 196 valence electrons. The summed E-state index contributed by atoms with van der Waals surface area (Å²) < 4.78 is 0. The first-order valence-corrected chi connectivity index (χ1v) is 14.3. The molecule has 37 heavy (non-hydrogen) atoms. The third-order valence-corrected chi connectivity index (χ3v) is 9.88. The lowest BCUT2D eigenvalue weighted by atomic mass is 9.40. The van der Waals surface area contributed by atoms with E-state index >= 15 is 0 Å². The first kappa shape index (κ1) is 26.0. The normalized spacial score (nSPS) is 25.4. The van der Waals surface area contributed by atoms with Crippen molar-refractivity contribution in [1.82, 2.24) is 15.6 Å². The van der Waals surface area contributed by atoms with E-state index in [9.17, 15) is 14.9 Å². The highest BCUT2D eigenvalue weighted by atomic mass is 35.5. The zero-order chi connectivity index (χ0) is 26.4. The van der Waals surface area contributed by atoms with Crippen molar-refractivity contribution in [3.05, 3.63) is 44.9 Å². The summed E-state index contributed by atoms with van der Waals surface area (Å²) in [6, 6.07) is 7.44. The van der Waals surface area contributed by atoms with Crippen molar-refractivity contribution >= 4 is 40.4 Å². The Morgan fingerprint density at radius 3 is 2.65 bits per heavy atom. The molecular weight excluding hydrogens is 506 g/mol. The van der Waals surface area contributed by atoms with Crippen LogP contribution in [-0.2, 0) is 10.3 Å². The van der Waals surface area contributed by atoms with Crippen LogP contribution in [0.2, 0.25) is 5.02 Å². The fraction of sp³-hybridized carbons (Fsp3) is 0.571. The van der Waals surface area contributed by atoms with Gasteiger partial charge in [0, 0.05) is 16.6 Å². The molecule has 2 aromatic rings. The van der Waals surface area contributed by atoms with Gasteiger partial charge in [-0.25, -0.2) is 0 Å². The molecule has 0 radical (unpaired) electrons. The average molecular weight is 540 g/mol. The van der Waals surface area contributed by atoms with Gasteiger partial charge in [-0.2, -0.15) is 5.26 Å². The Hall–Kier alpha value is -2.63. The number of carbonyl (C=O) groups is 2. The Bertz CT molecular complexity index is 1240. The van der Waals surface area contributed by atoms with Gasteiger partial charge in [0.15, 0.2) is 0 Å². The smallest absolute Gasteiger partial charge is 0.262 e. The van der Waals surface area contributed by atoms with Crippen LogP contribution in [0.5, 0.6) is 0 Å². The maximum Gasteiger partial charge on any atom is 0.262 e. The lowest BCUT2D eigenvalue weighted by molar-refractivity contribution is -0.146. The number of carbonyl (C=O) groups excluding carboxylic acids is 2. The van der Waals surface area contributed by atoms with Crippen LogP contribution >= 0.6 is 22.9 Å². The van der Waals surface area contributed by atoms with Crippen molar-refractivity contribution in [3.63, 3.8) is 0 Å². The Morgan fingerprint density at radius 1 is 1.27 bits per heavy atom. The number of pyridine rings is 1. The molecule has 2 bridgehead atoms. The van der Waals surface area contributed by atoms with Gasteiger partial charge in [0.25, 0.3) is 5.91 Å². The number of halogens is 1. The summed E-state index contributed by atoms with van der Waals surface area (Å²) in [6.45, 7) is 6.02. The van der Waals surface area contributed by atoms with E-state index in [0.29, 0.717) is 22.2 Å². The van der Waals surface area contributed by atoms with Crippen molar-refractivity contribution in [1.29, 1.82) is 5.26 Å². The van der Waals surface area contributed by atoms with Crippen LogP contribution in [-0.4, -0.2) is 28.4 Å². The minimum atomic E-state index is -0.570. The van der Waals surface area contributed by atoms with E-state index in [4.69, 9.17) is 11.6 Å². The minimum absolute atomic E-state index is 0.116. The molecule has 3 N–H and O–H groups in total. The second kappa shape index (κ2) is 9.59. The van der Waals surface area contributed by atoms with Gasteiger partial charge in [-0.05, 0) is 70.6 Å². The number of anilines is 1. The number of thiophene rings is 1. The summed E-state index contributed by atoms with van der Waals surface area (Å²) in [5.74, 6) is 0.109. The Balaban J connectivity index is 1.26. The maximum atomic E-state index is 13.3. The fourth-order valence-corrected chi connectivity index (χ4v) is 7.38. The topological polar surface area (TPSA) is 107 Å². The molecule has 2 amide bonds. The number of aromatic nitrogens is 1. The molecule has 7 nitrogen and oxygen atoms in total. The standard InChI is InChI=1S/C28H34ClN5O2S/c1-17-20(11-19(29)12-31-17)33-26(2,3)23-9-8-22(37-23)25(36)32-21(10-18-6-4-5-7-18)24(35)34-28-13-27(14-28,15-28)16-30/h8-9,11-12,18,21,33H,4-7,10,13-15H2,1-3H3,(H,32,36)(H,34,35)/t21-,27?,28?/m0/s1. The Morgan fingerprint density at radius 2 is 1.97 bits per heavy atom. The molecule has 9 heteroatoms. The lowest BCUT2D eigenvalue weighted by Crippen LogP contribution is -2.75. The molecular formula is C28H34ClN5O2S. The number of amides is 2. The monoisotopic (exact) mass is 539 g/mol. The largest absolute Gasteiger partial charge is 0.374 e. The van der Waals surface area contributed by atoms with Crippen LogP contribution < -0.4 is 16.0 Å². The van der Waals surface area contributed by atoms with Crippen molar-refractivity contribution < 1.29 is 9.59 Å². The van der Waals surface area contributed by atoms with Gasteiger partial charge in [0.2, 0.25) is 5.91 Å². The van der Waals surface area contributed by atoms with E-state index in [2.05, 4.69) is 40.9 Å². The van der Waals surface area contributed by atoms with Crippen LogP contribution in [0.3, 0.4) is 0 Å². The lowest BCUT2D eigenvalue weighted by Gasteiger charge is -2.67. The van der Waals surface area contributed by atoms with E-state index in [-0.39, 0.29) is 22.8 Å². The Kier molecular flexibility index (Phi) is 6.74. The van der Waals surface area contributed by atoms with Crippen molar-refractivity contribution in [2.45, 2.75) is 89.3 Å². The van der Waals surface area contributed by atoms with Gasteiger partial charge in [0.1, 0.15) is 6.04 Å². The van der Waals surface area contributed by atoms with E-state index in [1.807, 2.05) is 25.1 Å². The summed E-state index contributed by atoms with van der Waals surface area (Å²) >= 11 is 7.56. The molecule has 4 aliphatic carbocycles. The molecule has 0 spiro atoms. The van der Waals surface area contributed by atoms with Crippen LogP contribution in [0.1, 0.15) is 85.5 Å². The number of nitriles is 1. The molecule has 6 rings (SSSR count). The van der Waals surface area contributed by atoms with Gasteiger partial charge in [0.05, 0.1) is 38.3 Å². The van der Waals surface area contributed by atoms with E-state index in [1.165, 1.54) is 24.2 Å². The quantitative estimate of drug-likeness (QED) is 0.379. The second-order valence-corrected chi connectivity index (χ2v) is 13.3. The molecule has 4 aliphatic rings. The third-order valence-electron chi connectivity index (χ3n) is 8.27. The van der Waals surface area contributed by atoms with Gasteiger partial charge >= 0.3 is 0 Å². The summed E-state index contributed by atoms with van der Waals surface area (Å²) in [5.41, 5.74) is 0.756. The molecule has 0 unspecified atom stereocenters. The molecule has 1 atom stereocenters. The van der Waals surface area contributed by atoms with E-state index < -0.39 is 11.6 Å². The number of nitrogens with one attached hydrogen (secondary N) is 3. The molecule has 0 saturated heterocycles. The minimum Gasteiger partial charge on any atom is -0.374 e. The van der Waals surface area contributed by atoms with Crippen LogP contribution in [0.4, 0.5) is 5.69 Å². The van der Waals surface area contributed by atoms with Crippen LogP contribution in [0, 0.1) is 29.6 Å². The zero-order valence-electron chi connectivity index (χ0n) is 21.6. The first-order valence-electron chi connectivity index (χ1n) is 13.1.